The summed E-state index contributed by atoms with van der Waals surface area (Å²) in [5.41, 5.74) is 0.408. The van der Waals surface area contributed by atoms with Gasteiger partial charge in [0, 0.05) is 25.0 Å². The van der Waals surface area contributed by atoms with Crippen molar-refractivity contribution in [2.24, 2.45) is 11.8 Å². The zero-order chi connectivity index (χ0) is 21.0. The zero-order valence-corrected chi connectivity index (χ0v) is 18.2. The first-order valence-corrected chi connectivity index (χ1v) is 10.8. The molecule has 0 saturated carbocycles. The van der Waals surface area contributed by atoms with Crippen LogP contribution in [0, 0.1) is 11.8 Å². The Morgan fingerprint density at radius 2 is 1.90 bits per heavy atom. The van der Waals surface area contributed by atoms with Crippen LogP contribution in [-0.2, 0) is 9.59 Å². The summed E-state index contributed by atoms with van der Waals surface area (Å²) in [7, 11) is 0. The van der Waals surface area contributed by atoms with Crippen LogP contribution < -0.4 is 10.1 Å². The molecule has 2 fully saturated rings. The molecule has 1 aromatic carbocycles. The quantitative estimate of drug-likeness (QED) is 0.794. The Morgan fingerprint density at radius 3 is 2.55 bits per heavy atom. The van der Waals surface area contributed by atoms with E-state index in [1.54, 1.807) is 4.90 Å². The number of amides is 2. The highest BCUT2D eigenvalue weighted by Crippen LogP contribution is 2.29. The Hall–Kier alpha value is -2.08. The van der Waals surface area contributed by atoms with Crippen LogP contribution in [0.15, 0.2) is 24.3 Å². The SMILES string of the molecule is CC1CCN(CCOc2ccccc2NC(=O)C2CC(=O)N(C(C)(C)C)C2)CC1. The van der Waals surface area contributed by atoms with E-state index in [0.717, 1.165) is 25.6 Å². The molecule has 0 spiro atoms. The molecule has 0 aromatic heterocycles. The van der Waals surface area contributed by atoms with Gasteiger partial charge in [-0.05, 0) is 64.8 Å². The molecule has 2 aliphatic heterocycles. The van der Waals surface area contributed by atoms with E-state index in [9.17, 15) is 9.59 Å². The summed E-state index contributed by atoms with van der Waals surface area (Å²) in [6, 6.07) is 7.53. The summed E-state index contributed by atoms with van der Waals surface area (Å²) < 4.78 is 5.99. The van der Waals surface area contributed by atoms with E-state index in [2.05, 4.69) is 17.1 Å². The third kappa shape index (κ3) is 5.72. The summed E-state index contributed by atoms with van der Waals surface area (Å²) in [6.07, 6.45) is 2.76. The molecule has 0 radical (unpaired) electrons. The van der Waals surface area contributed by atoms with E-state index < -0.39 is 0 Å². The average Bonchev–Trinajstić information content (AvgIpc) is 3.07. The van der Waals surface area contributed by atoms with Gasteiger partial charge < -0.3 is 15.0 Å². The first kappa shape index (κ1) is 21.6. The molecule has 2 aliphatic rings. The maximum atomic E-state index is 12.8. The minimum atomic E-state index is -0.329. The van der Waals surface area contributed by atoms with E-state index >= 15 is 0 Å². The minimum Gasteiger partial charge on any atom is -0.490 e. The fourth-order valence-corrected chi connectivity index (χ4v) is 4.03. The second-order valence-electron chi connectivity index (χ2n) is 9.43. The Labute approximate surface area is 174 Å². The van der Waals surface area contributed by atoms with Crippen LogP contribution in [0.5, 0.6) is 5.75 Å². The third-order valence-corrected chi connectivity index (χ3v) is 5.99. The monoisotopic (exact) mass is 401 g/mol. The second-order valence-corrected chi connectivity index (χ2v) is 9.43. The fraction of sp³-hybridized carbons (Fsp3) is 0.652. The van der Waals surface area contributed by atoms with Crippen LogP contribution >= 0.6 is 0 Å². The molecule has 2 saturated heterocycles. The van der Waals surface area contributed by atoms with Gasteiger partial charge in [-0.3, -0.25) is 14.5 Å². The van der Waals surface area contributed by atoms with Crippen LogP contribution in [0.2, 0.25) is 0 Å². The number of piperidine rings is 1. The fourth-order valence-electron chi connectivity index (χ4n) is 4.03. The molecule has 1 atom stereocenters. The number of nitrogens with zero attached hydrogens (tertiary/aromatic N) is 2. The number of anilines is 1. The minimum absolute atomic E-state index is 0.0398. The smallest absolute Gasteiger partial charge is 0.229 e. The van der Waals surface area contributed by atoms with Crippen molar-refractivity contribution in [1.29, 1.82) is 0 Å². The lowest BCUT2D eigenvalue weighted by Crippen LogP contribution is -2.42. The van der Waals surface area contributed by atoms with Gasteiger partial charge in [-0.15, -0.1) is 0 Å². The zero-order valence-electron chi connectivity index (χ0n) is 18.2. The van der Waals surface area contributed by atoms with Crippen molar-refractivity contribution in [3.05, 3.63) is 24.3 Å². The molecule has 29 heavy (non-hydrogen) atoms. The summed E-state index contributed by atoms with van der Waals surface area (Å²) in [5.74, 6) is 1.09. The van der Waals surface area contributed by atoms with E-state index in [-0.39, 0.29) is 29.7 Å². The number of carbonyl (C=O) groups is 2. The highest BCUT2D eigenvalue weighted by Gasteiger charge is 2.39. The summed E-state index contributed by atoms with van der Waals surface area (Å²) >= 11 is 0. The lowest BCUT2D eigenvalue weighted by Gasteiger charge is -2.32. The van der Waals surface area contributed by atoms with Gasteiger partial charge in [0.25, 0.3) is 0 Å². The molecule has 2 heterocycles. The van der Waals surface area contributed by atoms with Crippen molar-refractivity contribution < 1.29 is 14.3 Å². The molecule has 6 heteroatoms. The highest BCUT2D eigenvalue weighted by molar-refractivity contribution is 5.98. The highest BCUT2D eigenvalue weighted by atomic mass is 16.5. The van der Waals surface area contributed by atoms with E-state index in [1.165, 1.54) is 12.8 Å². The number of hydrogen-bond acceptors (Lipinski definition) is 4. The van der Waals surface area contributed by atoms with Crippen molar-refractivity contribution in [3.63, 3.8) is 0 Å². The van der Waals surface area contributed by atoms with Gasteiger partial charge in [0.05, 0.1) is 11.6 Å². The average molecular weight is 402 g/mol. The Morgan fingerprint density at radius 1 is 1.21 bits per heavy atom. The van der Waals surface area contributed by atoms with Crippen molar-refractivity contribution in [1.82, 2.24) is 9.80 Å². The van der Waals surface area contributed by atoms with E-state index in [1.807, 2.05) is 45.0 Å². The number of rotatable bonds is 6. The largest absolute Gasteiger partial charge is 0.490 e. The van der Waals surface area contributed by atoms with Crippen LogP contribution in [-0.4, -0.2) is 59.9 Å². The molecule has 2 amide bonds. The van der Waals surface area contributed by atoms with Crippen molar-refractivity contribution >= 4 is 17.5 Å². The lowest BCUT2D eigenvalue weighted by molar-refractivity contribution is -0.131. The second kappa shape index (κ2) is 9.16. The summed E-state index contributed by atoms with van der Waals surface area (Å²) in [4.78, 5) is 29.3. The number of ether oxygens (including phenoxy) is 1. The first-order chi connectivity index (χ1) is 13.7. The van der Waals surface area contributed by atoms with E-state index in [0.29, 0.717) is 24.6 Å². The lowest BCUT2D eigenvalue weighted by atomic mass is 9.99. The maximum absolute atomic E-state index is 12.8. The van der Waals surface area contributed by atoms with E-state index in [4.69, 9.17) is 4.74 Å². The Balaban J connectivity index is 1.54. The normalized spacial score (nSPS) is 21.4. The summed E-state index contributed by atoms with van der Waals surface area (Å²) in [5, 5.41) is 2.98. The molecule has 160 valence electrons. The molecular formula is C23H35N3O3. The van der Waals surface area contributed by atoms with Crippen LogP contribution in [0.3, 0.4) is 0 Å². The Kier molecular flexibility index (Phi) is 6.83. The number of para-hydroxylation sites is 2. The molecular weight excluding hydrogens is 366 g/mol. The van der Waals surface area contributed by atoms with Crippen molar-refractivity contribution in [2.75, 3.05) is 38.1 Å². The van der Waals surface area contributed by atoms with Gasteiger partial charge in [0.15, 0.2) is 0 Å². The third-order valence-electron chi connectivity index (χ3n) is 5.99. The molecule has 1 aromatic rings. The van der Waals surface area contributed by atoms with Gasteiger partial charge in [-0.25, -0.2) is 0 Å². The first-order valence-electron chi connectivity index (χ1n) is 10.8. The number of nitrogens with one attached hydrogen (secondary N) is 1. The van der Waals surface area contributed by atoms with Crippen LogP contribution in [0.4, 0.5) is 5.69 Å². The molecule has 6 nitrogen and oxygen atoms in total. The van der Waals surface area contributed by atoms with Crippen molar-refractivity contribution in [3.8, 4) is 5.75 Å². The molecule has 3 rings (SSSR count). The van der Waals surface area contributed by atoms with Gasteiger partial charge in [0.2, 0.25) is 11.8 Å². The topological polar surface area (TPSA) is 61.9 Å². The predicted octanol–water partition coefficient (Wildman–Crippen LogP) is 3.38. The van der Waals surface area contributed by atoms with Gasteiger partial charge in [-0.2, -0.15) is 0 Å². The number of carbonyl (C=O) groups excluding carboxylic acids is 2. The van der Waals surface area contributed by atoms with Crippen LogP contribution in [0.1, 0.15) is 47.0 Å². The van der Waals surface area contributed by atoms with Gasteiger partial charge >= 0.3 is 0 Å². The predicted molar refractivity (Wildman–Crippen MR) is 115 cm³/mol. The molecule has 0 bridgehead atoms. The van der Waals surface area contributed by atoms with Gasteiger partial charge in [0.1, 0.15) is 12.4 Å². The van der Waals surface area contributed by atoms with Crippen LogP contribution in [0.25, 0.3) is 0 Å². The standard InChI is InChI=1S/C23H35N3O3/c1-17-9-11-25(12-10-17)13-14-29-20-8-6-5-7-19(20)24-22(28)18-15-21(27)26(16-18)23(2,3)4/h5-8,17-18H,9-16H2,1-4H3,(H,24,28). The summed E-state index contributed by atoms with van der Waals surface area (Å²) in [6.45, 7) is 12.5. The number of benzene rings is 1. The number of likely N-dealkylation sites (tertiary alicyclic amines) is 2. The molecule has 1 unspecified atom stereocenters. The van der Waals surface area contributed by atoms with Gasteiger partial charge in [-0.1, -0.05) is 19.1 Å². The maximum Gasteiger partial charge on any atom is 0.229 e. The van der Waals surface area contributed by atoms with Crippen molar-refractivity contribution in [2.45, 2.75) is 52.5 Å². The Bertz CT molecular complexity index is 720. The number of hydrogen-bond donors (Lipinski definition) is 1. The molecule has 1 N–H and O–H groups in total. The molecule has 0 aliphatic carbocycles.